The minimum atomic E-state index is -0.646. The largest absolute Gasteiger partial charge is 0.349 e. The summed E-state index contributed by atoms with van der Waals surface area (Å²) in [6.07, 6.45) is 4.33. The predicted octanol–water partition coefficient (Wildman–Crippen LogP) is 3.02. The Morgan fingerprint density at radius 2 is 1.93 bits per heavy atom. The van der Waals surface area contributed by atoms with Gasteiger partial charge in [0.25, 0.3) is 5.91 Å². The number of rotatable bonds is 6. The van der Waals surface area contributed by atoms with Gasteiger partial charge >= 0.3 is 0 Å². The van der Waals surface area contributed by atoms with Crippen LogP contribution in [0.15, 0.2) is 24.3 Å². The summed E-state index contributed by atoms with van der Waals surface area (Å²) in [6.45, 7) is 4.22. The van der Waals surface area contributed by atoms with E-state index >= 15 is 0 Å². The van der Waals surface area contributed by atoms with Crippen LogP contribution in [0.2, 0.25) is 5.02 Å². The van der Waals surface area contributed by atoms with Crippen LogP contribution in [-0.2, 0) is 31.2 Å². The second-order valence-corrected chi connectivity index (χ2v) is 8.00. The van der Waals surface area contributed by atoms with Gasteiger partial charge in [0.05, 0.1) is 28.5 Å². The fourth-order valence-electron chi connectivity index (χ4n) is 3.65. The number of nitrogens with zero attached hydrogens (tertiary/aromatic N) is 2. The van der Waals surface area contributed by atoms with Crippen molar-refractivity contribution in [1.29, 1.82) is 0 Å². The summed E-state index contributed by atoms with van der Waals surface area (Å²) in [5.41, 5.74) is 3.81. The zero-order valence-corrected chi connectivity index (χ0v) is 17.3. The summed E-state index contributed by atoms with van der Waals surface area (Å²) >= 11 is 6.10. The van der Waals surface area contributed by atoms with E-state index in [-0.39, 0.29) is 17.7 Å². The Kier molecular flexibility index (Phi) is 6.39. The minimum absolute atomic E-state index is 0.0631. The average Bonchev–Trinajstić information content (AvgIpc) is 2.99. The highest BCUT2D eigenvalue weighted by Gasteiger charge is 2.26. The Morgan fingerprint density at radius 3 is 2.64 bits per heavy atom. The van der Waals surface area contributed by atoms with E-state index in [9.17, 15) is 9.59 Å². The second kappa shape index (κ2) is 8.78. The van der Waals surface area contributed by atoms with Crippen LogP contribution in [-0.4, -0.2) is 27.6 Å². The molecule has 0 spiro atoms. The number of fused-ring (bicyclic) bond motifs is 1. The molecular formula is C21H27ClN4O2. The van der Waals surface area contributed by atoms with E-state index in [2.05, 4.69) is 15.7 Å². The van der Waals surface area contributed by atoms with E-state index < -0.39 is 6.04 Å². The summed E-state index contributed by atoms with van der Waals surface area (Å²) in [7, 11) is 1.92. The standard InChI is InChI=1S/C21H27ClN4O2/c1-13(2)19(24-20(27)14-8-4-6-10-16(14)22)21(28)23-12-18-15-9-5-7-11-17(15)25-26(18)3/h4,6,8,10,13,19H,5,7,9,11-12H2,1-3H3,(H,23,28)(H,24,27)/t19-/m0/s1. The number of carbonyl (C=O) groups excluding carboxylic acids is 2. The van der Waals surface area contributed by atoms with Gasteiger partial charge in [0, 0.05) is 7.05 Å². The predicted molar refractivity (Wildman–Crippen MR) is 109 cm³/mol. The Bertz CT molecular complexity index is 875. The normalized spacial score (nSPS) is 14.5. The summed E-state index contributed by atoms with van der Waals surface area (Å²) in [4.78, 5) is 25.4. The number of halogens is 1. The summed E-state index contributed by atoms with van der Waals surface area (Å²) in [5.74, 6) is -0.620. The highest BCUT2D eigenvalue weighted by Crippen LogP contribution is 2.23. The molecule has 1 aromatic carbocycles. The zero-order valence-electron chi connectivity index (χ0n) is 16.6. The minimum Gasteiger partial charge on any atom is -0.349 e. The van der Waals surface area contributed by atoms with Gasteiger partial charge in [-0.25, -0.2) is 0 Å². The molecule has 2 N–H and O–H groups in total. The van der Waals surface area contributed by atoms with Crippen LogP contribution >= 0.6 is 11.6 Å². The number of amides is 2. The number of nitrogens with one attached hydrogen (secondary N) is 2. The molecule has 2 aromatic rings. The maximum atomic E-state index is 12.8. The molecule has 2 amide bonds. The molecular weight excluding hydrogens is 376 g/mol. The van der Waals surface area contributed by atoms with Gasteiger partial charge in [-0.05, 0) is 49.3 Å². The van der Waals surface area contributed by atoms with Gasteiger partial charge in [-0.2, -0.15) is 5.10 Å². The molecule has 1 atom stereocenters. The van der Waals surface area contributed by atoms with Crippen molar-refractivity contribution in [2.75, 3.05) is 0 Å². The Labute approximate surface area is 170 Å². The van der Waals surface area contributed by atoms with E-state index in [1.807, 2.05) is 25.6 Å². The first-order valence-electron chi connectivity index (χ1n) is 9.75. The third-order valence-electron chi connectivity index (χ3n) is 5.23. The van der Waals surface area contributed by atoms with E-state index in [0.717, 1.165) is 30.7 Å². The number of aromatic nitrogens is 2. The smallest absolute Gasteiger partial charge is 0.253 e. The molecule has 150 valence electrons. The molecule has 0 saturated heterocycles. The van der Waals surface area contributed by atoms with Gasteiger partial charge < -0.3 is 10.6 Å². The molecule has 1 aromatic heterocycles. The van der Waals surface area contributed by atoms with Crippen molar-refractivity contribution in [3.63, 3.8) is 0 Å². The first-order chi connectivity index (χ1) is 13.4. The van der Waals surface area contributed by atoms with Crippen molar-refractivity contribution in [1.82, 2.24) is 20.4 Å². The lowest BCUT2D eigenvalue weighted by atomic mass is 9.96. The van der Waals surface area contributed by atoms with E-state index in [4.69, 9.17) is 11.6 Å². The van der Waals surface area contributed by atoms with Crippen molar-refractivity contribution < 1.29 is 9.59 Å². The van der Waals surface area contributed by atoms with E-state index in [1.54, 1.807) is 24.3 Å². The molecule has 0 fully saturated rings. The van der Waals surface area contributed by atoms with Crippen molar-refractivity contribution >= 4 is 23.4 Å². The van der Waals surface area contributed by atoms with Gasteiger partial charge in [-0.1, -0.05) is 37.6 Å². The number of aryl methyl sites for hydroxylation is 2. The maximum absolute atomic E-state index is 12.8. The number of hydrogen-bond acceptors (Lipinski definition) is 3. The third-order valence-corrected chi connectivity index (χ3v) is 5.56. The molecule has 1 aliphatic carbocycles. The van der Waals surface area contributed by atoms with E-state index in [0.29, 0.717) is 17.1 Å². The Balaban J connectivity index is 1.68. The first-order valence-corrected chi connectivity index (χ1v) is 10.1. The van der Waals surface area contributed by atoms with Crippen molar-refractivity contribution in [3.8, 4) is 0 Å². The van der Waals surface area contributed by atoms with Gasteiger partial charge in [-0.15, -0.1) is 0 Å². The second-order valence-electron chi connectivity index (χ2n) is 7.60. The van der Waals surface area contributed by atoms with Gasteiger partial charge in [-0.3, -0.25) is 14.3 Å². The molecule has 3 rings (SSSR count). The Morgan fingerprint density at radius 1 is 1.21 bits per heavy atom. The number of hydrogen-bond donors (Lipinski definition) is 2. The first kappa shape index (κ1) is 20.4. The van der Waals surface area contributed by atoms with Gasteiger partial charge in [0.15, 0.2) is 0 Å². The summed E-state index contributed by atoms with van der Waals surface area (Å²) < 4.78 is 1.86. The molecule has 0 aliphatic heterocycles. The monoisotopic (exact) mass is 402 g/mol. The number of benzene rings is 1. The lowest BCUT2D eigenvalue weighted by Crippen LogP contribution is -2.49. The highest BCUT2D eigenvalue weighted by atomic mass is 35.5. The molecule has 7 heteroatoms. The topological polar surface area (TPSA) is 76.0 Å². The fraction of sp³-hybridized carbons (Fsp3) is 0.476. The van der Waals surface area contributed by atoms with Crippen LogP contribution in [0, 0.1) is 5.92 Å². The van der Waals surface area contributed by atoms with Crippen LogP contribution in [0.5, 0.6) is 0 Å². The highest BCUT2D eigenvalue weighted by molar-refractivity contribution is 6.33. The fourth-order valence-corrected chi connectivity index (χ4v) is 3.87. The van der Waals surface area contributed by atoms with Crippen LogP contribution in [0.25, 0.3) is 0 Å². The molecule has 6 nitrogen and oxygen atoms in total. The molecule has 28 heavy (non-hydrogen) atoms. The van der Waals surface area contributed by atoms with Crippen molar-refractivity contribution in [2.45, 2.75) is 52.1 Å². The van der Waals surface area contributed by atoms with Gasteiger partial charge in [0.1, 0.15) is 6.04 Å². The summed E-state index contributed by atoms with van der Waals surface area (Å²) in [6, 6.07) is 6.17. The maximum Gasteiger partial charge on any atom is 0.253 e. The number of carbonyl (C=O) groups is 2. The van der Waals surface area contributed by atoms with Crippen molar-refractivity contribution in [2.24, 2.45) is 13.0 Å². The molecule has 0 radical (unpaired) electrons. The molecule has 0 saturated carbocycles. The van der Waals surface area contributed by atoms with Crippen LogP contribution < -0.4 is 10.6 Å². The van der Waals surface area contributed by atoms with Crippen molar-refractivity contribution in [3.05, 3.63) is 51.8 Å². The van der Waals surface area contributed by atoms with Crippen LogP contribution in [0.1, 0.15) is 54.0 Å². The Hall–Kier alpha value is -2.34. The zero-order chi connectivity index (χ0) is 20.3. The van der Waals surface area contributed by atoms with Gasteiger partial charge in [0.2, 0.25) is 5.91 Å². The molecule has 1 aliphatic rings. The average molecular weight is 403 g/mol. The quantitative estimate of drug-likeness (QED) is 0.779. The summed E-state index contributed by atoms with van der Waals surface area (Å²) in [5, 5.41) is 10.8. The lowest BCUT2D eigenvalue weighted by Gasteiger charge is -2.22. The van der Waals surface area contributed by atoms with Crippen LogP contribution in [0.4, 0.5) is 0 Å². The third kappa shape index (κ3) is 4.38. The lowest BCUT2D eigenvalue weighted by molar-refractivity contribution is -0.124. The SMILES string of the molecule is CC(C)[C@H](NC(=O)c1ccccc1Cl)C(=O)NCc1c2c(nn1C)CCCC2. The molecule has 0 unspecified atom stereocenters. The molecule has 0 bridgehead atoms. The molecule has 1 heterocycles. The van der Waals surface area contributed by atoms with Crippen LogP contribution in [0.3, 0.4) is 0 Å². The van der Waals surface area contributed by atoms with E-state index in [1.165, 1.54) is 12.0 Å².